The summed E-state index contributed by atoms with van der Waals surface area (Å²) in [5.41, 5.74) is 3.34. The Kier molecular flexibility index (Phi) is 4.93. The number of amides is 1. The number of hydrogen-bond donors (Lipinski definition) is 1. The predicted octanol–water partition coefficient (Wildman–Crippen LogP) is 4.62. The van der Waals surface area contributed by atoms with Crippen LogP contribution in [-0.2, 0) is 12.8 Å². The van der Waals surface area contributed by atoms with E-state index in [-0.39, 0.29) is 5.56 Å². The highest BCUT2D eigenvalue weighted by Gasteiger charge is 2.20. The van der Waals surface area contributed by atoms with Gasteiger partial charge in [0.25, 0.3) is 5.91 Å². The van der Waals surface area contributed by atoms with Crippen molar-refractivity contribution < 1.29 is 9.18 Å². The first-order valence-electron chi connectivity index (χ1n) is 8.56. The minimum Gasteiger partial charge on any atom is -0.322 e. The number of anilines is 1. The highest BCUT2D eigenvalue weighted by molar-refractivity contribution is 6.04. The summed E-state index contributed by atoms with van der Waals surface area (Å²) in [6, 6.07) is 9.01. The summed E-state index contributed by atoms with van der Waals surface area (Å²) in [7, 11) is 0. The molecule has 1 amide bonds. The second kappa shape index (κ2) is 7.12. The second-order valence-electron chi connectivity index (χ2n) is 7.02. The van der Waals surface area contributed by atoms with Gasteiger partial charge in [0, 0.05) is 11.9 Å². The number of carbonyl (C=O) groups excluding carboxylic acids is 1. The number of pyridine rings is 1. The molecule has 1 atom stereocenters. The van der Waals surface area contributed by atoms with Gasteiger partial charge in [-0.2, -0.15) is 4.39 Å². The highest BCUT2D eigenvalue weighted by atomic mass is 19.1. The van der Waals surface area contributed by atoms with Crippen molar-refractivity contribution in [1.82, 2.24) is 4.98 Å². The number of aromatic nitrogens is 1. The standard InChI is InChI=1S/C20H23FN2O/c1-13(2)10-14-5-6-16-12-17(8-7-15(16)11-14)23-20(24)18-4-3-9-22-19(18)21/h3-4,7-9,12-14H,5-6,10-11H2,1-2H3,(H,23,24)/t14-/m0/s1. The summed E-state index contributed by atoms with van der Waals surface area (Å²) in [5.74, 6) is 0.269. The molecule has 0 spiro atoms. The SMILES string of the molecule is CC(C)C[C@@H]1CCc2cc(NC(=O)c3cccnc3F)ccc2C1. The molecule has 1 aromatic heterocycles. The van der Waals surface area contributed by atoms with Crippen molar-refractivity contribution in [2.75, 3.05) is 5.32 Å². The van der Waals surface area contributed by atoms with Crippen LogP contribution in [-0.4, -0.2) is 10.9 Å². The molecule has 3 nitrogen and oxygen atoms in total. The lowest BCUT2D eigenvalue weighted by atomic mass is 9.80. The number of rotatable bonds is 4. The highest BCUT2D eigenvalue weighted by Crippen LogP contribution is 2.31. The Morgan fingerprint density at radius 1 is 1.33 bits per heavy atom. The largest absolute Gasteiger partial charge is 0.322 e. The first kappa shape index (κ1) is 16.6. The number of hydrogen-bond acceptors (Lipinski definition) is 2. The monoisotopic (exact) mass is 326 g/mol. The number of carbonyl (C=O) groups is 1. The maximum Gasteiger partial charge on any atom is 0.260 e. The molecule has 1 heterocycles. The van der Waals surface area contributed by atoms with E-state index >= 15 is 0 Å². The summed E-state index contributed by atoms with van der Waals surface area (Å²) in [5, 5.41) is 2.77. The third-order valence-corrected chi connectivity index (χ3v) is 4.60. The van der Waals surface area contributed by atoms with Crippen LogP contribution in [0.1, 0.15) is 48.2 Å². The molecule has 0 unspecified atom stereocenters. The molecule has 24 heavy (non-hydrogen) atoms. The molecule has 1 N–H and O–H groups in total. The van der Waals surface area contributed by atoms with Gasteiger partial charge in [-0.15, -0.1) is 0 Å². The molecule has 0 saturated heterocycles. The molecule has 4 heteroatoms. The van der Waals surface area contributed by atoms with E-state index in [4.69, 9.17) is 0 Å². The minimum atomic E-state index is -0.746. The molecular formula is C20H23FN2O. The van der Waals surface area contributed by atoms with Gasteiger partial charge in [-0.25, -0.2) is 4.98 Å². The van der Waals surface area contributed by atoms with Crippen LogP contribution in [0.2, 0.25) is 0 Å². The second-order valence-corrected chi connectivity index (χ2v) is 7.02. The molecule has 3 rings (SSSR count). The van der Waals surface area contributed by atoms with E-state index in [9.17, 15) is 9.18 Å². The van der Waals surface area contributed by atoms with Crippen molar-refractivity contribution in [2.45, 2.75) is 39.5 Å². The molecule has 1 aliphatic rings. The average Bonchev–Trinajstić information content (AvgIpc) is 2.54. The third kappa shape index (κ3) is 3.81. The Balaban J connectivity index is 1.71. The predicted molar refractivity (Wildman–Crippen MR) is 93.6 cm³/mol. The molecule has 126 valence electrons. The zero-order valence-corrected chi connectivity index (χ0v) is 14.2. The molecule has 0 fully saturated rings. The van der Waals surface area contributed by atoms with Crippen molar-refractivity contribution in [3.8, 4) is 0 Å². The van der Waals surface area contributed by atoms with Gasteiger partial charge in [-0.05, 0) is 72.9 Å². The first-order valence-corrected chi connectivity index (χ1v) is 8.56. The van der Waals surface area contributed by atoms with Crippen molar-refractivity contribution >= 4 is 11.6 Å². The molecular weight excluding hydrogens is 303 g/mol. The van der Waals surface area contributed by atoms with Gasteiger partial charge in [0.2, 0.25) is 5.95 Å². The minimum absolute atomic E-state index is 0.0350. The maximum absolute atomic E-state index is 13.6. The summed E-state index contributed by atoms with van der Waals surface area (Å²) >= 11 is 0. The van der Waals surface area contributed by atoms with E-state index in [0.717, 1.165) is 24.7 Å². The normalized spacial score (nSPS) is 16.8. The van der Waals surface area contributed by atoms with E-state index in [1.807, 2.05) is 12.1 Å². The number of fused-ring (bicyclic) bond motifs is 1. The van der Waals surface area contributed by atoms with Gasteiger partial charge in [0.05, 0.1) is 5.56 Å². The van der Waals surface area contributed by atoms with E-state index in [1.54, 1.807) is 6.07 Å². The molecule has 0 aliphatic heterocycles. The molecule has 0 bridgehead atoms. The van der Waals surface area contributed by atoms with Crippen LogP contribution < -0.4 is 5.32 Å². The molecule has 0 saturated carbocycles. The fraction of sp³-hybridized carbons (Fsp3) is 0.400. The van der Waals surface area contributed by atoms with Crippen molar-refractivity contribution in [3.05, 3.63) is 59.2 Å². The summed E-state index contributed by atoms with van der Waals surface area (Å²) in [4.78, 5) is 15.7. The van der Waals surface area contributed by atoms with Gasteiger partial charge >= 0.3 is 0 Å². The maximum atomic E-state index is 13.6. The number of nitrogens with one attached hydrogen (secondary N) is 1. The molecule has 1 aliphatic carbocycles. The number of aryl methyl sites for hydroxylation is 1. The Bertz CT molecular complexity index is 742. The van der Waals surface area contributed by atoms with Gasteiger partial charge < -0.3 is 5.32 Å². The van der Waals surface area contributed by atoms with E-state index in [1.165, 1.54) is 36.2 Å². The van der Waals surface area contributed by atoms with Crippen molar-refractivity contribution in [3.63, 3.8) is 0 Å². The van der Waals surface area contributed by atoms with E-state index < -0.39 is 11.9 Å². The van der Waals surface area contributed by atoms with Crippen LogP contribution in [0.15, 0.2) is 36.5 Å². The lowest BCUT2D eigenvalue weighted by Gasteiger charge is -2.26. The van der Waals surface area contributed by atoms with E-state index in [2.05, 4.69) is 30.2 Å². The van der Waals surface area contributed by atoms with Crippen molar-refractivity contribution in [2.24, 2.45) is 11.8 Å². The van der Waals surface area contributed by atoms with Gasteiger partial charge in [0.15, 0.2) is 0 Å². The Morgan fingerprint density at radius 3 is 2.92 bits per heavy atom. The molecule has 1 aromatic carbocycles. The van der Waals surface area contributed by atoms with Crippen LogP contribution in [0.3, 0.4) is 0 Å². The van der Waals surface area contributed by atoms with Crippen molar-refractivity contribution in [1.29, 1.82) is 0 Å². The first-order chi connectivity index (χ1) is 11.5. The average molecular weight is 326 g/mol. The quantitative estimate of drug-likeness (QED) is 0.833. The summed E-state index contributed by atoms with van der Waals surface area (Å²) in [6.45, 7) is 4.54. The topological polar surface area (TPSA) is 42.0 Å². The van der Waals surface area contributed by atoms with Gasteiger partial charge in [-0.3, -0.25) is 4.79 Å². The van der Waals surface area contributed by atoms with Crippen LogP contribution >= 0.6 is 0 Å². The Labute approximate surface area is 142 Å². The zero-order chi connectivity index (χ0) is 17.1. The molecule has 0 radical (unpaired) electrons. The smallest absolute Gasteiger partial charge is 0.260 e. The summed E-state index contributed by atoms with van der Waals surface area (Å²) < 4.78 is 13.6. The zero-order valence-electron chi connectivity index (χ0n) is 14.2. The summed E-state index contributed by atoms with van der Waals surface area (Å²) in [6.07, 6.45) is 5.94. The van der Waals surface area contributed by atoms with Gasteiger partial charge in [-0.1, -0.05) is 19.9 Å². The Hall–Kier alpha value is -2.23. The number of halogens is 1. The fourth-order valence-corrected chi connectivity index (χ4v) is 3.53. The lowest BCUT2D eigenvalue weighted by molar-refractivity contribution is 0.102. The third-order valence-electron chi connectivity index (χ3n) is 4.60. The molecule has 2 aromatic rings. The fourth-order valence-electron chi connectivity index (χ4n) is 3.53. The number of benzene rings is 1. The van der Waals surface area contributed by atoms with Gasteiger partial charge in [0.1, 0.15) is 0 Å². The van der Waals surface area contributed by atoms with Crippen LogP contribution in [0.5, 0.6) is 0 Å². The van der Waals surface area contributed by atoms with Crippen LogP contribution in [0, 0.1) is 17.8 Å². The number of nitrogens with zero attached hydrogens (tertiary/aromatic N) is 1. The Morgan fingerprint density at radius 2 is 2.17 bits per heavy atom. The van der Waals surface area contributed by atoms with Crippen LogP contribution in [0.4, 0.5) is 10.1 Å². The van der Waals surface area contributed by atoms with Crippen LogP contribution in [0.25, 0.3) is 0 Å². The van der Waals surface area contributed by atoms with E-state index in [0.29, 0.717) is 5.69 Å². The lowest BCUT2D eigenvalue weighted by Crippen LogP contribution is -2.18.